The molecule has 1 aromatic heterocycles. The lowest BCUT2D eigenvalue weighted by atomic mass is 10.1. The Bertz CT molecular complexity index is 914. The summed E-state index contributed by atoms with van der Waals surface area (Å²) in [4.78, 5) is 12.3. The van der Waals surface area contributed by atoms with Crippen molar-refractivity contribution in [1.29, 1.82) is 0 Å². The number of ether oxygens (including phenoxy) is 1. The SMILES string of the molecule is O=C(NCCCn1cc(Cl)cn1)c1cccc(COc2ccccc2Br)c1. The number of rotatable bonds is 8. The molecule has 1 amide bonds. The Morgan fingerprint density at radius 3 is 2.85 bits per heavy atom. The number of carbonyl (C=O) groups is 1. The first-order valence-corrected chi connectivity index (χ1v) is 9.71. The fourth-order valence-corrected chi connectivity index (χ4v) is 3.09. The molecule has 1 heterocycles. The third-order valence-corrected chi connectivity index (χ3v) is 4.72. The van der Waals surface area contributed by atoms with Crippen LogP contribution in [0.1, 0.15) is 22.3 Å². The largest absolute Gasteiger partial charge is 0.488 e. The van der Waals surface area contributed by atoms with E-state index in [0.29, 0.717) is 30.3 Å². The van der Waals surface area contributed by atoms with Crippen LogP contribution in [0.15, 0.2) is 65.4 Å². The first-order valence-electron chi connectivity index (χ1n) is 8.54. The summed E-state index contributed by atoms with van der Waals surface area (Å²) in [5.41, 5.74) is 1.55. The molecule has 0 radical (unpaired) electrons. The standard InChI is InChI=1S/C20H19BrClN3O2/c21-18-7-1-2-8-19(18)27-14-15-5-3-6-16(11-15)20(26)23-9-4-10-25-13-17(22)12-24-25/h1-3,5-8,11-13H,4,9-10,14H2,(H,23,26). The summed E-state index contributed by atoms with van der Waals surface area (Å²) in [6.45, 7) is 1.66. The van der Waals surface area contributed by atoms with Gasteiger partial charge in [-0.3, -0.25) is 9.48 Å². The molecule has 0 saturated heterocycles. The van der Waals surface area contributed by atoms with Gasteiger partial charge in [-0.15, -0.1) is 0 Å². The molecule has 27 heavy (non-hydrogen) atoms. The second-order valence-corrected chi connectivity index (χ2v) is 7.24. The van der Waals surface area contributed by atoms with E-state index in [-0.39, 0.29) is 5.91 Å². The van der Waals surface area contributed by atoms with E-state index in [0.717, 1.165) is 22.2 Å². The van der Waals surface area contributed by atoms with Crippen LogP contribution in [-0.2, 0) is 13.2 Å². The predicted molar refractivity (Wildman–Crippen MR) is 109 cm³/mol. The highest BCUT2D eigenvalue weighted by Crippen LogP contribution is 2.24. The van der Waals surface area contributed by atoms with Crippen molar-refractivity contribution in [3.63, 3.8) is 0 Å². The van der Waals surface area contributed by atoms with E-state index in [2.05, 4.69) is 26.3 Å². The minimum Gasteiger partial charge on any atom is -0.488 e. The maximum Gasteiger partial charge on any atom is 0.251 e. The van der Waals surface area contributed by atoms with Crippen molar-refractivity contribution in [2.45, 2.75) is 19.6 Å². The molecule has 0 bridgehead atoms. The van der Waals surface area contributed by atoms with Gasteiger partial charge in [-0.25, -0.2) is 0 Å². The Hall–Kier alpha value is -2.31. The molecule has 5 nitrogen and oxygen atoms in total. The Kier molecular flexibility index (Phi) is 6.90. The van der Waals surface area contributed by atoms with Gasteiger partial charge in [-0.05, 0) is 52.2 Å². The number of para-hydroxylation sites is 1. The summed E-state index contributed by atoms with van der Waals surface area (Å²) in [5.74, 6) is 0.669. The maximum atomic E-state index is 12.3. The molecule has 3 rings (SSSR count). The van der Waals surface area contributed by atoms with Crippen LogP contribution < -0.4 is 10.1 Å². The van der Waals surface area contributed by atoms with Crippen LogP contribution in [0.4, 0.5) is 0 Å². The molecule has 0 saturated carbocycles. The number of halogens is 2. The number of aromatic nitrogens is 2. The van der Waals surface area contributed by atoms with Crippen molar-refractivity contribution in [2.24, 2.45) is 0 Å². The van der Waals surface area contributed by atoms with Crippen LogP contribution in [0, 0.1) is 0 Å². The first-order chi connectivity index (χ1) is 13.1. The number of aryl methyl sites for hydroxylation is 1. The highest BCUT2D eigenvalue weighted by Gasteiger charge is 2.07. The number of carbonyl (C=O) groups excluding carboxylic acids is 1. The molecular formula is C20H19BrClN3O2. The van der Waals surface area contributed by atoms with Crippen molar-refractivity contribution < 1.29 is 9.53 Å². The predicted octanol–water partition coefficient (Wildman–Crippen LogP) is 4.70. The van der Waals surface area contributed by atoms with E-state index in [4.69, 9.17) is 16.3 Å². The molecule has 2 aromatic carbocycles. The Balaban J connectivity index is 1.48. The second kappa shape index (κ2) is 9.58. The Morgan fingerprint density at radius 1 is 1.22 bits per heavy atom. The fraction of sp³-hybridized carbons (Fsp3) is 0.200. The van der Waals surface area contributed by atoms with Gasteiger partial charge >= 0.3 is 0 Å². The summed E-state index contributed by atoms with van der Waals surface area (Å²) >= 11 is 9.28. The van der Waals surface area contributed by atoms with Crippen LogP contribution in [0.3, 0.4) is 0 Å². The molecule has 140 valence electrons. The number of amides is 1. The van der Waals surface area contributed by atoms with E-state index in [1.807, 2.05) is 42.5 Å². The van der Waals surface area contributed by atoms with E-state index in [1.54, 1.807) is 23.1 Å². The summed E-state index contributed by atoms with van der Waals surface area (Å²) in [5, 5.41) is 7.65. The van der Waals surface area contributed by atoms with E-state index in [1.165, 1.54) is 0 Å². The summed E-state index contributed by atoms with van der Waals surface area (Å²) in [7, 11) is 0. The summed E-state index contributed by atoms with van der Waals surface area (Å²) in [6, 6.07) is 15.1. The van der Waals surface area contributed by atoms with Crippen LogP contribution >= 0.6 is 27.5 Å². The zero-order chi connectivity index (χ0) is 19.1. The zero-order valence-corrected chi connectivity index (χ0v) is 16.9. The number of nitrogens with zero attached hydrogens (tertiary/aromatic N) is 2. The van der Waals surface area contributed by atoms with Gasteiger partial charge in [-0.1, -0.05) is 35.9 Å². The average Bonchev–Trinajstić information content (AvgIpc) is 3.10. The van der Waals surface area contributed by atoms with Crippen LogP contribution in [0.25, 0.3) is 0 Å². The molecular weight excluding hydrogens is 430 g/mol. The van der Waals surface area contributed by atoms with E-state index in [9.17, 15) is 4.79 Å². The lowest BCUT2D eigenvalue weighted by Gasteiger charge is -2.10. The molecule has 0 aliphatic carbocycles. The number of hydrogen-bond acceptors (Lipinski definition) is 3. The quantitative estimate of drug-likeness (QED) is 0.508. The van der Waals surface area contributed by atoms with Crippen molar-refractivity contribution in [3.8, 4) is 5.75 Å². The normalized spacial score (nSPS) is 10.6. The third kappa shape index (κ3) is 5.84. The Morgan fingerprint density at radius 2 is 2.07 bits per heavy atom. The molecule has 0 spiro atoms. The lowest BCUT2D eigenvalue weighted by molar-refractivity contribution is 0.0952. The van der Waals surface area contributed by atoms with Gasteiger partial charge in [0.25, 0.3) is 5.91 Å². The maximum absolute atomic E-state index is 12.3. The average molecular weight is 449 g/mol. The molecule has 1 N–H and O–H groups in total. The van der Waals surface area contributed by atoms with Crippen LogP contribution in [0.2, 0.25) is 5.02 Å². The minimum absolute atomic E-state index is 0.101. The number of nitrogens with one attached hydrogen (secondary N) is 1. The van der Waals surface area contributed by atoms with Gasteiger partial charge in [0.1, 0.15) is 12.4 Å². The van der Waals surface area contributed by atoms with Gasteiger partial charge in [0.2, 0.25) is 0 Å². The van der Waals surface area contributed by atoms with E-state index < -0.39 is 0 Å². The molecule has 0 unspecified atom stereocenters. The molecule has 0 aliphatic heterocycles. The Labute approximate surface area is 171 Å². The third-order valence-electron chi connectivity index (χ3n) is 3.87. The van der Waals surface area contributed by atoms with Crippen LogP contribution in [-0.4, -0.2) is 22.2 Å². The molecule has 7 heteroatoms. The van der Waals surface area contributed by atoms with Gasteiger partial charge in [0.05, 0.1) is 15.7 Å². The summed E-state index contributed by atoms with van der Waals surface area (Å²) < 4.78 is 8.47. The minimum atomic E-state index is -0.101. The van der Waals surface area contributed by atoms with Gasteiger partial charge < -0.3 is 10.1 Å². The molecule has 3 aromatic rings. The monoisotopic (exact) mass is 447 g/mol. The number of benzene rings is 2. The molecule has 0 fully saturated rings. The van der Waals surface area contributed by atoms with Crippen molar-refractivity contribution in [1.82, 2.24) is 15.1 Å². The highest BCUT2D eigenvalue weighted by molar-refractivity contribution is 9.10. The van der Waals surface area contributed by atoms with E-state index >= 15 is 0 Å². The smallest absolute Gasteiger partial charge is 0.251 e. The van der Waals surface area contributed by atoms with Gasteiger partial charge in [-0.2, -0.15) is 5.10 Å². The first kappa shape index (κ1) is 19.5. The molecule has 0 atom stereocenters. The lowest BCUT2D eigenvalue weighted by Crippen LogP contribution is -2.25. The van der Waals surface area contributed by atoms with Gasteiger partial charge in [0.15, 0.2) is 0 Å². The fourth-order valence-electron chi connectivity index (χ4n) is 2.53. The topological polar surface area (TPSA) is 56.2 Å². The van der Waals surface area contributed by atoms with Crippen molar-refractivity contribution in [2.75, 3.05) is 6.54 Å². The van der Waals surface area contributed by atoms with Crippen molar-refractivity contribution >= 4 is 33.4 Å². The number of hydrogen-bond donors (Lipinski definition) is 1. The summed E-state index contributed by atoms with van der Waals surface area (Å²) in [6.07, 6.45) is 4.13. The van der Waals surface area contributed by atoms with Gasteiger partial charge in [0, 0.05) is 24.8 Å². The van der Waals surface area contributed by atoms with Crippen molar-refractivity contribution in [3.05, 3.63) is 81.5 Å². The highest BCUT2D eigenvalue weighted by atomic mass is 79.9. The van der Waals surface area contributed by atoms with Crippen LogP contribution in [0.5, 0.6) is 5.75 Å². The molecule has 0 aliphatic rings. The zero-order valence-electron chi connectivity index (χ0n) is 14.6. The second-order valence-electron chi connectivity index (χ2n) is 5.95.